The molecule has 6 heteroatoms. The number of carbonyl (C=O) groups excluding carboxylic acids is 1. The molecular weight excluding hydrogens is 288 g/mol. The molecule has 1 unspecified atom stereocenters. The lowest BCUT2D eigenvalue weighted by Crippen LogP contribution is -2.53. The van der Waals surface area contributed by atoms with Gasteiger partial charge in [0.15, 0.2) is 9.84 Å². The third-order valence-corrected chi connectivity index (χ3v) is 5.39. The Morgan fingerprint density at radius 3 is 2.52 bits per heavy atom. The lowest BCUT2D eigenvalue weighted by atomic mass is 9.95. The molecule has 1 aliphatic rings. The second kappa shape index (κ2) is 5.42. The molecule has 0 saturated heterocycles. The van der Waals surface area contributed by atoms with Crippen molar-refractivity contribution in [3.63, 3.8) is 0 Å². The summed E-state index contributed by atoms with van der Waals surface area (Å²) in [5, 5.41) is 2.96. The van der Waals surface area contributed by atoms with Gasteiger partial charge in [-0.25, -0.2) is 8.42 Å². The molecular formula is C15H22N2O3S. The molecule has 0 aromatic heterocycles. The molecule has 21 heavy (non-hydrogen) atoms. The fraction of sp³-hybridized carbons (Fsp3) is 0.533. The molecule has 116 valence electrons. The topological polar surface area (TPSA) is 89.3 Å². The molecule has 1 aliphatic carbocycles. The van der Waals surface area contributed by atoms with Crippen LogP contribution in [0.15, 0.2) is 23.1 Å². The average Bonchev–Trinajstić information content (AvgIpc) is 3.22. The smallest absolute Gasteiger partial charge is 0.251 e. The monoisotopic (exact) mass is 310 g/mol. The van der Waals surface area contributed by atoms with Gasteiger partial charge in [-0.05, 0) is 50.3 Å². The number of carbonyl (C=O) groups is 1. The third kappa shape index (κ3) is 3.44. The molecule has 3 N–H and O–H groups in total. The van der Waals surface area contributed by atoms with E-state index in [1.807, 2.05) is 6.92 Å². The number of benzene rings is 1. The lowest BCUT2D eigenvalue weighted by molar-refractivity contribution is 0.0897. The zero-order chi connectivity index (χ0) is 15.8. The van der Waals surface area contributed by atoms with Crippen molar-refractivity contribution in [3.05, 3.63) is 29.3 Å². The van der Waals surface area contributed by atoms with E-state index in [0.29, 0.717) is 23.6 Å². The van der Waals surface area contributed by atoms with Gasteiger partial charge >= 0.3 is 0 Å². The van der Waals surface area contributed by atoms with Crippen molar-refractivity contribution >= 4 is 15.7 Å². The highest BCUT2D eigenvalue weighted by Crippen LogP contribution is 2.39. The molecule has 1 fully saturated rings. The Hall–Kier alpha value is -1.40. The van der Waals surface area contributed by atoms with Crippen LogP contribution < -0.4 is 11.1 Å². The number of hydrogen-bond donors (Lipinski definition) is 2. The molecule has 0 spiro atoms. The van der Waals surface area contributed by atoms with Crippen molar-refractivity contribution in [3.8, 4) is 0 Å². The van der Waals surface area contributed by atoms with Crippen molar-refractivity contribution < 1.29 is 13.2 Å². The van der Waals surface area contributed by atoms with Crippen LogP contribution in [0.3, 0.4) is 0 Å². The second-order valence-corrected chi connectivity index (χ2v) is 8.09. The van der Waals surface area contributed by atoms with E-state index in [4.69, 9.17) is 5.73 Å². The predicted octanol–water partition coefficient (Wildman–Crippen LogP) is 1.26. The van der Waals surface area contributed by atoms with Gasteiger partial charge in [0.25, 0.3) is 5.91 Å². The Morgan fingerprint density at radius 1 is 1.43 bits per heavy atom. The average molecular weight is 310 g/mol. The Morgan fingerprint density at radius 2 is 2.05 bits per heavy atom. The van der Waals surface area contributed by atoms with Gasteiger partial charge in [0.2, 0.25) is 0 Å². The molecule has 2 rings (SSSR count). The minimum Gasteiger partial charge on any atom is -0.345 e. The number of nitrogens with two attached hydrogens (primary N) is 1. The van der Waals surface area contributed by atoms with E-state index in [0.717, 1.165) is 19.1 Å². The maximum Gasteiger partial charge on any atom is 0.251 e. The standard InChI is InChI=1S/C15H22N2O3S/c1-10-4-5-11(8-13(10)21(3,19)20)14(18)17-15(2,9-16)12-6-7-12/h4-5,8,12H,6-7,9,16H2,1-3H3,(H,17,18). The van der Waals surface area contributed by atoms with Crippen LogP contribution in [0.4, 0.5) is 0 Å². The second-order valence-electron chi connectivity index (χ2n) is 6.10. The summed E-state index contributed by atoms with van der Waals surface area (Å²) in [5.41, 5.74) is 6.35. The zero-order valence-corrected chi connectivity index (χ0v) is 13.5. The van der Waals surface area contributed by atoms with Gasteiger partial charge in [0, 0.05) is 18.4 Å². The van der Waals surface area contributed by atoms with Crippen molar-refractivity contribution in [2.75, 3.05) is 12.8 Å². The van der Waals surface area contributed by atoms with E-state index in [1.54, 1.807) is 19.1 Å². The van der Waals surface area contributed by atoms with E-state index < -0.39 is 15.4 Å². The van der Waals surface area contributed by atoms with Crippen LogP contribution in [-0.2, 0) is 9.84 Å². The summed E-state index contributed by atoms with van der Waals surface area (Å²) in [6, 6.07) is 4.73. The molecule has 0 aliphatic heterocycles. The minimum absolute atomic E-state index is 0.191. The molecule has 1 atom stereocenters. The Balaban J connectivity index is 2.28. The zero-order valence-electron chi connectivity index (χ0n) is 12.6. The number of sulfone groups is 1. The molecule has 0 radical (unpaired) electrons. The van der Waals surface area contributed by atoms with Gasteiger partial charge in [-0.15, -0.1) is 0 Å². The highest BCUT2D eigenvalue weighted by molar-refractivity contribution is 7.90. The van der Waals surface area contributed by atoms with Crippen molar-refractivity contribution in [2.45, 2.75) is 37.1 Å². The summed E-state index contributed by atoms with van der Waals surface area (Å²) in [4.78, 5) is 12.6. The Labute approximate surface area is 125 Å². The molecule has 5 nitrogen and oxygen atoms in total. The van der Waals surface area contributed by atoms with Crippen LogP contribution in [-0.4, -0.2) is 32.7 Å². The number of amides is 1. The van der Waals surface area contributed by atoms with E-state index >= 15 is 0 Å². The lowest BCUT2D eigenvalue weighted by Gasteiger charge is -2.29. The van der Waals surface area contributed by atoms with E-state index in [2.05, 4.69) is 5.32 Å². The first-order valence-corrected chi connectivity index (χ1v) is 8.90. The van der Waals surface area contributed by atoms with Crippen LogP contribution in [0.2, 0.25) is 0 Å². The largest absolute Gasteiger partial charge is 0.345 e. The van der Waals surface area contributed by atoms with Gasteiger partial charge < -0.3 is 11.1 Å². The maximum atomic E-state index is 12.4. The van der Waals surface area contributed by atoms with Crippen molar-refractivity contribution in [2.24, 2.45) is 11.7 Å². The number of aryl methyl sites for hydroxylation is 1. The first-order valence-electron chi connectivity index (χ1n) is 7.00. The molecule has 0 bridgehead atoms. The van der Waals surface area contributed by atoms with Crippen molar-refractivity contribution in [1.29, 1.82) is 0 Å². The normalized spacial score (nSPS) is 18.1. The van der Waals surface area contributed by atoms with Crippen LogP contribution in [0, 0.1) is 12.8 Å². The summed E-state index contributed by atoms with van der Waals surface area (Å²) in [7, 11) is -3.35. The molecule has 1 aromatic rings. The molecule has 0 heterocycles. The van der Waals surface area contributed by atoms with E-state index in [1.165, 1.54) is 6.07 Å². The summed E-state index contributed by atoms with van der Waals surface area (Å²) in [6.45, 7) is 4.02. The fourth-order valence-corrected chi connectivity index (χ4v) is 3.51. The minimum atomic E-state index is -3.35. The number of rotatable bonds is 5. The quantitative estimate of drug-likeness (QED) is 0.856. The van der Waals surface area contributed by atoms with Gasteiger partial charge in [-0.2, -0.15) is 0 Å². The Kier molecular flexibility index (Phi) is 4.13. The highest BCUT2D eigenvalue weighted by Gasteiger charge is 2.41. The fourth-order valence-electron chi connectivity index (χ4n) is 2.51. The summed E-state index contributed by atoms with van der Waals surface area (Å²) in [6.07, 6.45) is 3.28. The van der Waals surface area contributed by atoms with Crippen LogP contribution in [0.1, 0.15) is 35.7 Å². The third-order valence-electron chi connectivity index (χ3n) is 4.15. The summed E-state index contributed by atoms with van der Waals surface area (Å²) < 4.78 is 23.5. The number of hydrogen-bond acceptors (Lipinski definition) is 4. The van der Waals surface area contributed by atoms with Crippen LogP contribution >= 0.6 is 0 Å². The molecule has 1 aromatic carbocycles. The summed E-state index contributed by atoms with van der Waals surface area (Å²) in [5.74, 6) is 0.131. The van der Waals surface area contributed by atoms with Crippen molar-refractivity contribution in [1.82, 2.24) is 5.32 Å². The highest BCUT2D eigenvalue weighted by atomic mass is 32.2. The van der Waals surface area contributed by atoms with Crippen LogP contribution in [0.25, 0.3) is 0 Å². The SMILES string of the molecule is Cc1ccc(C(=O)NC(C)(CN)C2CC2)cc1S(C)(=O)=O. The Bertz CT molecular complexity index is 665. The van der Waals surface area contributed by atoms with Gasteiger partial charge in [-0.3, -0.25) is 4.79 Å². The molecule has 1 saturated carbocycles. The molecule has 1 amide bonds. The van der Waals surface area contributed by atoms with Gasteiger partial charge in [0.1, 0.15) is 0 Å². The first kappa shape index (κ1) is 16.0. The first-order chi connectivity index (χ1) is 9.67. The van der Waals surface area contributed by atoms with Gasteiger partial charge in [0.05, 0.1) is 10.4 Å². The maximum absolute atomic E-state index is 12.4. The van der Waals surface area contributed by atoms with E-state index in [9.17, 15) is 13.2 Å². The predicted molar refractivity (Wildman–Crippen MR) is 81.9 cm³/mol. The summed E-state index contributed by atoms with van der Waals surface area (Å²) >= 11 is 0. The van der Waals surface area contributed by atoms with Crippen LogP contribution in [0.5, 0.6) is 0 Å². The van der Waals surface area contributed by atoms with E-state index in [-0.39, 0.29) is 10.8 Å². The van der Waals surface area contributed by atoms with Gasteiger partial charge in [-0.1, -0.05) is 6.07 Å². The number of nitrogens with one attached hydrogen (secondary N) is 1.